The number of rotatable bonds is 7. The van der Waals surface area contributed by atoms with Crippen LogP contribution in [-0.4, -0.2) is 30.2 Å². The summed E-state index contributed by atoms with van der Waals surface area (Å²) in [5.41, 5.74) is 4.08. The van der Waals surface area contributed by atoms with E-state index in [0.717, 1.165) is 12.1 Å². The molecule has 0 aliphatic rings. The molecule has 0 fully saturated rings. The predicted molar refractivity (Wildman–Crippen MR) is 129 cm³/mol. The lowest BCUT2D eigenvalue weighted by Crippen LogP contribution is -2.31. The zero-order valence-corrected chi connectivity index (χ0v) is 19.8. The Kier molecular flexibility index (Phi) is 7.81. The topological polar surface area (TPSA) is 36.4 Å². The third-order valence-electron chi connectivity index (χ3n) is 4.36. The average molecular weight is 597 g/mol. The highest BCUT2D eigenvalue weighted by Crippen LogP contribution is 2.31. The average Bonchev–Trinajstić information content (AvgIpc) is 2.73. The highest BCUT2D eigenvalue weighted by atomic mass is 127. The molecule has 0 aliphatic carbocycles. The number of hydrogen-bond donors (Lipinski definition) is 0. The molecule has 0 saturated carbocycles. The first-order chi connectivity index (χ1) is 13.6. The summed E-state index contributed by atoms with van der Waals surface area (Å²) in [5, 5.41) is 0. The first-order valence-electron chi connectivity index (χ1n) is 8.98. The molecular weight excluding hydrogens is 576 g/mol. The van der Waals surface area contributed by atoms with Crippen LogP contribution in [0, 0.1) is 6.92 Å². The number of carbonyl (C=O) groups excluding carboxylic acids is 1. The Morgan fingerprint density at radius 1 is 0.929 bits per heavy atom. The van der Waals surface area contributed by atoms with Crippen molar-refractivity contribution in [3.63, 3.8) is 0 Å². The molecule has 0 N–H and O–H groups in total. The second-order valence-electron chi connectivity index (χ2n) is 6.49. The summed E-state index contributed by atoms with van der Waals surface area (Å²) in [5.74, 6) is -0.0161. The fourth-order valence-electron chi connectivity index (χ4n) is 3.01. The smallest absolute Gasteiger partial charge is 0.264 e. The molecule has 6 heteroatoms. The summed E-state index contributed by atoms with van der Waals surface area (Å²) in [6.45, 7) is 3.30. The fraction of sp³-hybridized carbons (Fsp3) is 0.182. The first kappa shape index (κ1) is 21.2. The van der Waals surface area contributed by atoms with E-state index in [1.165, 1.54) is 11.1 Å². The Balaban J connectivity index is 1.72. The molecule has 0 atom stereocenters. The van der Waals surface area contributed by atoms with Gasteiger partial charge in [-0.15, -0.1) is 0 Å². The third-order valence-corrected chi connectivity index (χ3v) is 6.32. The van der Waals surface area contributed by atoms with Crippen LogP contribution in [0.3, 0.4) is 0 Å². The molecule has 144 valence electrons. The van der Waals surface area contributed by atoms with Crippen molar-refractivity contribution in [2.24, 2.45) is 0 Å². The van der Waals surface area contributed by atoms with Gasteiger partial charge in [0.05, 0.1) is 34.5 Å². The van der Waals surface area contributed by atoms with Crippen LogP contribution in [0.2, 0.25) is 0 Å². The van der Waals surface area contributed by atoms with Crippen molar-refractivity contribution in [2.45, 2.75) is 13.0 Å². The molecule has 0 unspecified atom stereocenters. The minimum atomic E-state index is -0.0161. The van der Waals surface area contributed by atoms with E-state index in [9.17, 15) is 4.79 Å². The fourth-order valence-corrected chi connectivity index (χ4v) is 4.37. The van der Waals surface area contributed by atoms with Crippen LogP contribution in [0.15, 0.2) is 79.1 Å². The Labute approximate surface area is 194 Å². The van der Waals surface area contributed by atoms with E-state index in [-0.39, 0.29) is 11.9 Å². The van der Waals surface area contributed by atoms with Crippen LogP contribution in [0.5, 0.6) is 0 Å². The van der Waals surface area contributed by atoms with Crippen molar-refractivity contribution in [1.82, 2.24) is 11.2 Å². The summed E-state index contributed by atoms with van der Waals surface area (Å²) in [6, 6.07) is 22.9. The zero-order chi connectivity index (χ0) is 19.9. The molecule has 1 heterocycles. The second kappa shape index (κ2) is 10.3. The van der Waals surface area contributed by atoms with Gasteiger partial charge in [0.1, 0.15) is 0 Å². The van der Waals surface area contributed by atoms with E-state index in [4.69, 9.17) is 0 Å². The molecule has 28 heavy (non-hydrogen) atoms. The van der Waals surface area contributed by atoms with Crippen molar-refractivity contribution >= 4 is 51.6 Å². The summed E-state index contributed by atoms with van der Waals surface area (Å²) in [7, 11) is 0. The largest absolute Gasteiger partial charge is 0.280 e. The van der Waals surface area contributed by atoms with Gasteiger partial charge >= 0.3 is 0 Å². The van der Waals surface area contributed by atoms with E-state index in [2.05, 4.69) is 102 Å². The molecule has 0 bridgehead atoms. The summed E-state index contributed by atoms with van der Waals surface area (Å²) < 4.78 is 3.99. The molecular formula is C22H21I2N3O. The lowest BCUT2D eigenvalue weighted by Gasteiger charge is -2.28. The van der Waals surface area contributed by atoms with Gasteiger partial charge < -0.3 is 0 Å². The summed E-state index contributed by atoms with van der Waals surface area (Å²) >= 11 is 4.46. The molecule has 4 nitrogen and oxygen atoms in total. The predicted octanol–water partition coefficient (Wildman–Crippen LogP) is 5.62. The quantitative estimate of drug-likeness (QED) is 0.262. The highest BCUT2D eigenvalue weighted by molar-refractivity contribution is 14.1. The molecule has 1 amide bonds. The molecule has 0 saturated heterocycles. The van der Waals surface area contributed by atoms with Crippen molar-refractivity contribution in [2.75, 3.05) is 13.1 Å². The summed E-state index contributed by atoms with van der Waals surface area (Å²) in [4.78, 5) is 16.8. The van der Waals surface area contributed by atoms with Gasteiger partial charge in [0.2, 0.25) is 0 Å². The monoisotopic (exact) mass is 597 g/mol. The Bertz CT molecular complexity index is 866. The second-order valence-corrected chi connectivity index (χ2v) is 8.89. The SMILES string of the molecule is Cc1cncc(C(=O)N(I)CCN(I)C(c2ccccc2)c2ccccc2)c1. The summed E-state index contributed by atoms with van der Waals surface area (Å²) in [6.07, 6.45) is 3.38. The van der Waals surface area contributed by atoms with E-state index in [1.54, 1.807) is 15.5 Å². The molecule has 3 rings (SSSR count). The minimum absolute atomic E-state index is 0.0161. The van der Waals surface area contributed by atoms with Crippen LogP contribution in [0.4, 0.5) is 0 Å². The zero-order valence-electron chi connectivity index (χ0n) is 15.5. The third kappa shape index (κ3) is 5.51. The van der Waals surface area contributed by atoms with Gasteiger partial charge in [0, 0.05) is 48.3 Å². The Hall–Kier alpha value is -1.52. The van der Waals surface area contributed by atoms with Crippen LogP contribution in [0.1, 0.15) is 33.1 Å². The Morgan fingerprint density at radius 2 is 1.50 bits per heavy atom. The standard InChI is InChI=1S/C22H21I2N3O/c1-17-14-20(16-25-15-17)22(28)27(24)13-12-26(23)21(18-8-4-2-5-9-18)19-10-6-3-7-11-19/h2-11,14-16,21H,12-13H2,1H3. The maximum absolute atomic E-state index is 12.7. The van der Waals surface area contributed by atoms with Gasteiger partial charge in [-0.05, 0) is 29.7 Å². The molecule has 2 aromatic carbocycles. The Morgan fingerprint density at radius 3 is 2.04 bits per heavy atom. The molecule has 0 spiro atoms. The molecule has 0 aliphatic heterocycles. The van der Waals surface area contributed by atoms with Crippen LogP contribution in [0.25, 0.3) is 0 Å². The minimum Gasteiger partial charge on any atom is -0.280 e. The first-order valence-corrected chi connectivity index (χ1v) is 10.9. The maximum atomic E-state index is 12.7. The van der Waals surface area contributed by atoms with Crippen molar-refractivity contribution in [3.8, 4) is 0 Å². The molecule has 1 aromatic heterocycles. The lowest BCUT2D eigenvalue weighted by molar-refractivity contribution is 0.0885. The van der Waals surface area contributed by atoms with Crippen LogP contribution >= 0.6 is 45.7 Å². The molecule has 3 aromatic rings. The lowest BCUT2D eigenvalue weighted by atomic mass is 9.99. The highest BCUT2D eigenvalue weighted by Gasteiger charge is 2.22. The number of benzene rings is 2. The van der Waals surface area contributed by atoms with Crippen molar-refractivity contribution < 1.29 is 4.79 Å². The number of halogens is 2. The van der Waals surface area contributed by atoms with Crippen molar-refractivity contribution in [1.29, 1.82) is 0 Å². The maximum Gasteiger partial charge on any atom is 0.264 e. The van der Waals surface area contributed by atoms with Crippen LogP contribution < -0.4 is 0 Å². The number of nitrogens with zero attached hydrogens (tertiary/aromatic N) is 3. The van der Waals surface area contributed by atoms with Crippen LogP contribution in [-0.2, 0) is 0 Å². The van der Waals surface area contributed by atoms with E-state index in [1.807, 2.05) is 25.1 Å². The van der Waals surface area contributed by atoms with E-state index < -0.39 is 0 Å². The number of hydrogen-bond acceptors (Lipinski definition) is 3. The van der Waals surface area contributed by atoms with E-state index in [0.29, 0.717) is 12.1 Å². The number of pyridine rings is 1. The number of carbonyl (C=O) groups is 1. The van der Waals surface area contributed by atoms with Gasteiger partial charge in [-0.2, -0.15) is 0 Å². The number of aryl methyl sites for hydroxylation is 1. The van der Waals surface area contributed by atoms with Crippen molar-refractivity contribution in [3.05, 3.63) is 101 Å². The van der Waals surface area contributed by atoms with Gasteiger partial charge in [-0.25, -0.2) is 3.11 Å². The normalized spacial score (nSPS) is 11.0. The van der Waals surface area contributed by atoms with Gasteiger partial charge in [-0.3, -0.25) is 12.9 Å². The van der Waals surface area contributed by atoms with Gasteiger partial charge in [-0.1, -0.05) is 60.7 Å². The van der Waals surface area contributed by atoms with Gasteiger partial charge in [0.25, 0.3) is 5.91 Å². The number of amides is 1. The number of aromatic nitrogens is 1. The van der Waals surface area contributed by atoms with Gasteiger partial charge in [0.15, 0.2) is 0 Å². The molecule has 0 radical (unpaired) electrons. The van der Waals surface area contributed by atoms with E-state index >= 15 is 0 Å².